The van der Waals surface area contributed by atoms with Crippen molar-refractivity contribution in [2.24, 2.45) is 17.8 Å². The van der Waals surface area contributed by atoms with Crippen LogP contribution < -0.4 is 4.90 Å². The van der Waals surface area contributed by atoms with E-state index in [4.69, 9.17) is 4.74 Å². The number of carbonyl (C=O) groups excluding carboxylic acids is 3. The molecule has 0 saturated carbocycles. The van der Waals surface area contributed by atoms with Gasteiger partial charge < -0.3 is 24.5 Å². The quantitative estimate of drug-likeness (QED) is 0.573. The van der Waals surface area contributed by atoms with Crippen LogP contribution >= 0.6 is 0 Å². The van der Waals surface area contributed by atoms with Gasteiger partial charge in [-0.05, 0) is 24.5 Å². The van der Waals surface area contributed by atoms with Crippen LogP contribution in [0, 0.1) is 17.8 Å². The molecule has 198 valence electrons. The highest BCUT2D eigenvalue weighted by Crippen LogP contribution is 2.54. The molecular weight excluding hydrogens is 470 g/mol. The summed E-state index contributed by atoms with van der Waals surface area (Å²) in [6.45, 7) is 7.06. The first-order chi connectivity index (χ1) is 17.9. The number of aliphatic hydroxyl groups excluding tert-OH is 1. The van der Waals surface area contributed by atoms with Crippen LogP contribution in [0.1, 0.15) is 33.6 Å². The average Bonchev–Trinajstić information content (AvgIpc) is 3.20. The van der Waals surface area contributed by atoms with Crippen LogP contribution in [0.15, 0.2) is 54.6 Å². The highest BCUT2D eigenvalue weighted by molar-refractivity contribution is 6.03. The summed E-state index contributed by atoms with van der Waals surface area (Å²) >= 11 is 0. The van der Waals surface area contributed by atoms with Gasteiger partial charge >= 0.3 is 0 Å². The summed E-state index contributed by atoms with van der Waals surface area (Å²) in [6.07, 6.45) is 8.73. The maximum atomic E-state index is 14.3. The number of anilines is 1. The Kier molecular flexibility index (Phi) is 6.98. The molecule has 1 aromatic carbocycles. The fraction of sp³-hybridized carbons (Fsp3) is 0.552. The fourth-order valence-corrected chi connectivity index (χ4v) is 6.49. The summed E-state index contributed by atoms with van der Waals surface area (Å²) < 4.78 is 6.68. The van der Waals surface area contributed by atoms with E-state index in [1.807, 2.05) is 68.5 Å². The minimum Gasteiger partial charge on any atom is -0.394 e. The van der Waals surface area contributed by atoms with Gasteiger partial charge in [-0.2, -0.15) is 0 Å². The monoisotopic (exact) mass is 507 g/mol. The second-order valence-electron chi connectivity index (χ2n) is 10.8. The van der Waals surface area contributed by atoms with Gasteiger partial charge in [0.25, 0.3) is 0 Å². The lowest BCUT2D eigenvalue weighted by molar-refractivity contribution is -0.151. The predicted molar refractivity (Wildman–Crippen MR) is 139 cm³/mol. The zero-order chi connectivity index (χ0) is 26.3. The summed E-state index contributed by atoms with van der Waals surface area (Å²) in [7, 11) is 0. The number of hydrogen-bond acceptors (Lipinski definition) is 5. The molecule has 4 aliphatic rings. The van der Waals surface area contributed by atoms with Crippen LogP contribution in [-0.4, -0.2) is 82.7 Å². The number of rotatable bonds is 7. The Morgan fingerprint density at radius 1 is 1.05 bits per heavy atom. The Hall–Kier alpha value is -2.97. The lowest BCUT2D eigenvalue weighted by Crippen LogP contribution is -2.59. The summed E-state index contributed by atoms with van der Waals surface area (Å²) in [5.74, 6) is -2.38. The zero-order valence-electron chi connectivity index (χ0n) is 21.8. The molecule has 2 saturated heterocycles. The van der Waals surface area contributed by atoms with Gasteiger partial charge in [-0.3, -0.25) is 14.4 Å². The van der Waals surface area contributed by atoms with E-state index in [1.165, 1.54) is 0 Å². The first-order valence-corrected chi connectivity index (χ1v) is 13.5. The highest BCUT2D eigenvalue weighted by atomic mass is 16.5. The first kappa shape index (κ1) is 25.7. The van der Waals surface area contributed by atoms with E-state index in [0.29, 0.717) is 19.6 Å². The van der Waals surface area contributed by atoms with Gasteiger partial charge in [-0.1, -0.05) is 69.7 Å². The van der Waals surface area contributed by atoms with Gasteiger partial charge in [0.1, 0.15) is 11.6 Å². The molecule has 0 aromatic heterocycles. The number of likely N-dealkylation sites (tertiary alicyclic amines) is 1. The van der Waals surface area contributed by atoms with Gasteiger partial charge in [0.2, 0.25) is 17.7 Å². The molecule has 1 N–H and O–H groups in total. The molecule has 1 aromatic rings. The third-order valence-electron chi connectivity index (χ3n) is 8.34. The maximum Gasteiger partial charge on any atom is 0.249 e. The Morgan fingerprint density at radius 2 is 1.81 bits per heavy atom. The predicted octanol–water partition coefficient (Wildman–Crippen LogP) is 2.39. The molecule has 0 radical (unpaired) electrons. The molecule has 2 fully saturated rings. The van der Waals surface area contributed by atoms with Crippen molar-refractivity contribution >= 4 is 23.4 Å². The van der Waals surface area contributed by atoms with Crippen molar-refractivity contribution in [1.82, 2.24) is 9.80 Å². The number of ether oxygens (including phenoxy) is 1. The van der Waals surface area contributed by atoms with Crippen LogP contribution in [0.2, 0.25) is 0 Å². The van der Waals surface area contributed by atoms with Crippen LogP contribution in [0.5, 0.6) is 0 Å². The molecule has 8 heteroatoms. The average molecular weight is 508 g/mol. The number of amides is 3. The van der Waals surface area contributed by atoms with E-state index in [1.54, 1.807) is 14.7 Å². The van der Waals surface area contributed by atoms with Gasteiger partial charge in [0.05, 0.1) is 30.6 Å². The second kappa shape index (κ2) is 10.1. The lowest BCUT2D eigenvalue weighted by atomic mass is 9.77. The van der Waals surface area contributed by atoms with Crippen molar-refractivity contribution < 1.29 is 24.2 Å². The van der Waals surface area contributed by atoms with Crippen molar-refractivity contribution in [2.45, 2.75) is 57.4 Å². The standard InChI is InChI=1S/C29H37N3O5/c1-4-5-15-30-16-10-14-29-24(27(35)32(25(29)28(30)36)21(18-33)19(2)3)23-22(37-29)13-9-17-31(26(23)34)20-11-7-6-8-12-20/h6-14,19,21-25,33H,4-5,15-18H2,1-3H3/t21-,22+,23-,24-,25?,29-/m0/s1. The lowest BCUT2D eigenvalue weighted by Gasteiger charge is -2.39. The minimum atomic E-state index is -1.27. The van der Waals surface area contributed by atoms with E-state index in [0.717, 1.165) is 18.5 Å². The molecule has 4 heterocycles. The highest BCUT2D eigenvalue weighted by Gasteiger charge is 2.72. The molecule has 8 nitrogen and oxygen atoms in total. The summed E-state index contributed by atoms with van der Waals surface area (Å²) in [5.41, 5.74) is -0.516. The van der Waals surface area contributed by atoms with Crippen LogP contribution in [-0.2, 0) is 19.1 Å². The summed E-state index contributed by atoms with van der Waals surface area (Å²) in [5, 5.41) is 10.3. The van der Waals surface area contributed by atoms with E-state index < -0.39 is 35.6 Å². The number of aliphatic hydroxyl groups is 1. The van der Waals surface area contributed by atoms with E-state index in [-0.39, 0.29) is 30.2 Å². The van der Waals surface area contributed by atoms with Crippen LogP contribution in [0.3, 0.4) is 0 Å². The van der Waals surface area contributed by atoms with Gasteiger partial charge in [0, 0.05) is 25.3 Å². The van der Waals surface area contributed by atoms with Crippen LogP contribution in [0.4, 0.5) is 5.69 Å². The number of carbonyl (C=O) groups is 3. The normalized spacial score (nSPS) is 31.9. The summed E-state index contributed by atoms with van der Waals surface area (Å²) in [4.78, 5) is 47.6. The molecule has 0 aliphatic carbocycles. The largest absolute Gasteiger partial charge is 0.394 e. The number of hydrogen-bond donors (Lipinski definition) is 1. The van der Waals surface area contributed by atoms with Gasteiger partial charge in [-0.15, -0.1) is 0 Å². The fourth-order valence-electron chi connectivity index (χ4n) is 6.49. The molecule has 3 amide bonds. The van der Waals surface area contributed by atoms with Crippen molar-refractivity contribution in [3.63, 3.8) is 0 Å². The maximum absolute atomic E-state index is 14.3. The molecule has 6 atom stereocenters. The number of unbranched alkanes of at least 4 members (excludes halogenated alkanes) is 1. The second-order valence-corrected chi connectivity index (χ2v) is 10.8. The van der Waals surface area contributed by atoms with Gasteiger partial charge in [0.15, 0.2) is 0 Å². The van der Waals surface area contributed by atoms with Crippen molar-refractivity contribution in [3.05, 3.63) is 54.6 Å². The Balaban J connectivity index is 1.61. The molecule has 37 heavy (non-hydrogen) atoms. The molecule has 5 rings (SSSR count). The minimum absolute atomic E-state index is 0.0877. The zero-order valence-corrected chi connectivity index (χ0v) is 21.8. The van der Waals surface area contributed by atoms with Crippen molar-refractivity contribution in [2.75, 3.05) is 31.1 Å². The van der Waals surface area contributed by atoms with E-state index >= 15 is 0 Å². The topological polar surface area (TPSA) is 90.4 Å². The molecule has 1 spiro atoms. The number of fused-ring (bicyclic) bond motifs is 2. The summed E-state index contributed by atoms with van der Waals surface area (Å²) in [6, 6.07) is 7.92. The Labute approximate surface area is 218 Å². The molecular formula is C29H37N3O5. The van der Waals surface area contributed by atoms with Gasteiger partial charge in [-0.25, -0.2) is 0 Å². The Bertz CT molecular complexity index is 1100. The third-order valence-corrected chi connectivity index (χ3v) is 8.34. The van der Waals surface area contributed by atoms with E-state index in [2.05, 4.69) is 6.92 Å². The smallest absolute Gasteiger partial charge is 0.249 e. The van der Waals surface area contributed by atoms with Crippen LogP contribution in [0.25, 0.3) is 0 Å². The molecule has 1 unspecified atom stereocenters. The number of para-hydroxylation sites is 1. The molecule has 4 aliphatic heterocycles. The Morgan fingerprint density at radius 3 is 2.49 bits per heavy atom. The van der Waals surface area contributed by atoms with Crippen molar-refractivity contribution in [1.29, 1.82) is 0 Å². The first-order valence-electron chi connectivity index (χ1n) is 13.5. The number of benzene rings is 1. The van der Waals surface area contributed by atoms with Crippen molar-refractivity contribution in [3.8, 4) is 0 Å². The number of nitrogens with zero attached hydrogens (tertiary/aromatic N) is 3. The SMILES string of the molecule is CCCCN1CC=C[C@]23O[C@@H]4C=CCN(c5ccccc5)C(=O)[C@@H]4[C@H]2C(=O)N([C@@H](CO)C(C)C)C3C1=O. The molecule has 0 bridgehead atoms. The third kappa shape index (κ3) is 4.01. The van der Waals surface area contributed by atoms with E-state index in [9.17, 15) is 19.5 Å².